The summed E-state index contributed by atoms with van der Waals surface area (Å²) >= 11 is 4.74. The van der Waals surface area contributed by atoms with E-state index in [0.717, 1.165) is 23.4 Å². The Kier molecular flexibility index (Phi) is 5.69. The van der Waals surface area contributed by atoms with Crippen molar-refractivity contribution in [3.05, 3.63) is 40.3 Å². The average Bonchev–Trinajstić information content (AvgIpc) is 2.48. The number of aliphatic imine (C=N–C) groups is 1. The lowest BCUT2D eigenvalue weighted by Gasteiger charge is -2.25. The minimum absolute atomic E-state index is 0.533. The standard InChI is InChI=1S/C19H27NS/c1-5-9-15(6-2)14(4)20-19-17-11-8-7-10-16(17)13(3)12-18(19)21/h7-8,10-11,13,15,21H,5-6,9,12H2,1-4H3. The van der Waals surface area contributed by atoms with Crippen molar-refractivity contribution in [2.45, 2.75) is 59.3 Å². The molecule has 1 nitrogen and oxygen atoms in total. The summed E-state index contributed by atoms with van der Waals surface area (Å²) in [4.78, 5) is 6.13. The normalized spacial score (nSPS) is 20.4. The molecule has 0 saturated carbocycles. The smallest absolute Gasteiger partial charge is 0.0796 e. The molecule has 1 aliphatic carbocycles. The Bertz CT molecular complexity index is 556. The molecule has 0 bridgehead atoms. The lowest BCUT2D eigenvalue weighted by molar-refractivity contribution is 0.593. The van der Waals surface area contributed by atoms with E-state index in [0.29, 0.717) is 11.8 Å². The van der Waals surface area contributed by atoms with Gasteiger partial charge < -0.3 is 0 Å². The van der Waals surface area contributed by atoms with Gasteiger partial charge in [-0.15, -0.1) is 12.6 Å². The topological polar surface area (TPSA) is 12.4 Å². The maximum Gasteiger partial charge on any atom is 0.0796 e. The molecule has 0 fully saturated rings. The number of allylic oxidation sites excluding steroid dienone is 1. The number of benzene rings is 1. The van der Waals surface area contributed by atoms with E-state index in [9.17, 15) is 0 Å². The molecular weight excluding hydrogens is 274 g/mol. The molecule has 0 aliphatic heterocycles. The van der Waals surface area contributed by atoms with Crippen LogP contribution in [0.2, 0.25) is 0 Å². The van der Waals surface area contributed by atoms with E-state index in [4.69, 9.17) is 17.6 Å². The Morgan fingerprint density at radius 2 is 2.05 bits per heavy atom. The minimum atomic E-state index is 0.533. The predicted octanol–water partition coefficient (Wildman–Crippen LogP) is 6.08. The van der Waals surface area contributed by atoms with Crippen LogP contribution in [0.4, 0.5) is 0 Å². The monoisotopic (exact) mass is 301 g/mol. The SMILES string of the molecule is CCCC(CC)C(C)=NC1=C(S)CC(C)c2ccccc21. The van der Waals surface area contributed by atoms with E-state index >= 15 is 0 Å². The van der Waals surface area contributed by atoms with Crippen LogP contribution in [0.1, 0.15) is 70.4 Å². The first kappa shape index (κ1) is 16.4. The third-order valence-corrected chi connectivity index (χ3v) is 4.92. The van der Waals surface area contributed by atoms with Crippen LogP contribution in [0.5, 0.6) is 0 Å². The Morgan fingerprint density at radius 3 is 2.71 bits per heavy atom. The van der Waals surface area contributed by atoms with E-state index in [2.05, 4.69) is 52.0 Å². The van der Waals surface area contributed by atoms with E-state index in [-0.39, 0.29) is 0 Å². The molecule has 2 atom stereocenters. The molecule has 0 N–H and O–H groups in total. The number of hydrogen-bond donors (Lipinski definition) is 1. The zero-order valence-electron chi connectivity index (χ0n) is 13.7. The third-order valence-electron chi connectivity index (χ3n) is 4.53. The highest BCUT2D eigenvalue weighted by Crippen LogP contribution is 2.40. The van der Waals surface area contributed by atoms with Crippen molar-refractivity contribution in [3.8, 4) is 0 Å². The summed E-state index contributed by atoms with van der Waals surface area (Å²) in [6.07, 6.45) is 4.60. The highest BCUT2D eigenvalue weighted by molar-refractivity contribution is 7.84. The number of hydrogen-bond acceptors (Lipinski definition) is 2. The van der Waals surface area contributed by atoms with Gasteiger partial charge in [0, 0.05) is 16.2 Å². The highest BCUT2D eigenvalue weighted by atomic mass is 32.1. The molecule has 0 amide bonds. The molecule has 0 aromatic heterocycles. The molecule has 114 valence electrons. The summed E-state index contributed by atoms with van der Waals surface area (Å²) in [6, 6.07) is 8.65. The van der Waals surface area contributed by atoms with Crippen LogP contribution in [-0.4, -0.2) is 5.71 Å². The molecule has 1 aliphatic rings. The first-order chi connectivity index (χ1) is 10.1. The summed E-state index contributed by atoms with van der Waals surface area (Å²) in [5.41, 5.74) is 5.03. The lowest BCUT2D eigenvalue weighted by Crippen LogP contribution is -2.12. The van der Waals surface area contributed by atoms with Gasteiger partial charge >= 0.3 is 0 Å². The van der Waals surface area contributed by atoms with E-state index in [1.807, 2.05) is 0 Å². The van der Waals surface area contributed by atoms with Crippen LogP contribution in [0.25, 0.3) is 5.70 Å². The van der Waals surface area contributed by atoms with Crippen LogP contribution < -0.4 is 0 Å². The Labute approximate surface area is 135 Å². The second kappa shape index (κ2) is 7.31. The molecule has 0 radical (unpaired) electrons. The van der Waals surface area contributed by atoms with E-state index in [1.54, 1.807) is 0 Å². The van der Waals surface area contributed by atoms with E-state index in [1.165, 1.54) is 29.7 Å². The lowest BCUT2D eigenvalue weighted by atomic mass is 9.86. The minimum Gasteiger partial charge on any atom is -0.256 e. The summed E-state index contributed by atoms with van der Waals surface area (Å²) < 4.78 is 0. The molecule has 0 heterocycles. The fourth-order valence-electron chi connectivity index (χ4n) is 3.24. The Morgan fingerprint density at radius 1 is 1.33 bits per heavy atom. The number of rotatable bonds is 5. The maximum atomic E-state index is 5.00. The van der Waals surface area contributed by atoms with Crippen molar-refractivity contribution in [1.82, 2.24) is 0 Å². The molecular formula is C19H27NS. The van der Waals surface area contributed by atoms with Gasteiger partial charge in [0.2, 0.25) is 0 Å². The van der Waals surface area contributed by atoms with Gasteiger partial charge in [-0.25, -0.2) is 0 Å². The molecule has 2 unspecified atom stereocenters. The Hall–Kier alpha value is -1.02. The van der Waals surface area contributed by atoms with Crippen molar-refractivity contribution in [2.75, 3.05) is 0 Å². The molecule has 21 heavy (non-hydrogen) atoms. The van der Waals surface area contributed by atoms with Gasteiger partial charge in [0.05, 0.1) is 5.70 Å². The van der Waals surface area contributed by atoms with Crippen LogP contribution >= 0.6 is 12.6 Å². The van der Waals surface area contributed by atoms with Crippen LogP contribution in [0.3, 0.4) is 0 Å². The van der Waals surface area contributed by atoms with Crippen molar-refractivity contribution < 1.29 is 0 Å². The second-order valence-corrected chi connectivity index (χ2v) is 6.67. The number of thiol groups is 1. The van der Waals surface area contributed by atoms with Gasteiger partial charge in [0.15, 0.2) is 0 Å². The quantitative estimate of drug-likeness (QED) is 0.500. The summed E-state index contributed by atoms with van der Waals surface area (Å²) in [5, 5.41) is 0. The average molecular weight is 301 g/mol. The largest absolute Gasteiger partial charge is 0.256 e. The zero-order chi connectivity index (χ0) is 15.4. The zero-order valence-corrected chi connectivity index (χ0v) is 14.6. The second-order valence-electron chi connectivity index (χ2n) is 6.13. The van der Waals surface area contributed by atoms with E-state index < -0.39 is 0 Å². The van der Waals surface area contributed by atoms with Crippen LogP contribution in [0, 0.1) is 5.92 Å². The van der Waals surface area contributed by atoms with Gasteiger partial charge in [-0.3, -0.25) is 4.99 Å². The van der Waals surface area contributed by atoms with Crippen LogP contribution in [0.15, 0.2) is 34.2 Å². The molecule has 0 saturated heterocycles. The van der Waals surface area contributed by atoms with Crippen LogP contribution in [-0.2, 0) is 0 Å². The van der Waals surface area contributed by atoms with Gasteiger partial charge in [0.1, 0.15) is 0 Å². The molecule has 1 aromatic carbocycles. The van der Waals surface area contributed by atoms with Crippen molar-refractivity contribution >= 4 is 24.0 Å². The van der Waals surface area contributed by atoms with Crippen molar-refractivity contribution in [2.24, 2.45) is 10.9 Å². The first-order valence-corrected chi connectivity index (χ1v) is 8.59. The van der Waals surface area contributed by atoms with Crippen molar-refractivity contribution in [3.63, 3.8) is 0 Å². The molecule has 0 spiro atoms. The number of fused-ring (bicyclic) bond motifs is 1. The predicted molar refractivity (Wildman–Crippen MR) is 97.2 cm³/mol. The van der Waals surface area contributed by atoms with Gasteiger partial charge in [-0.05, 0) is 43.6 Å². The summed E-state index contributed by atoms with van der Waals surface area (Å²) in [5.74, 6) is 1.13. The van der Waals surface area contributed by atoms with Gasteiger partial charge in [-0.1, -0.05) is 51.5 Å². The fourth-order valence-corrected chi connectivity index (χ4v) is 3.69. The first-order valence-electron chi connectivity index (χ1n) is 8.15. The van der Waals surface area contributed by atoms with Gasteiger partial charge in [0.25, 0.3) is 0 Å². The van der Waals surface area contributed by atoms with Crippen molar-refractivity contribution in [1.29, 1.82) is 0 Å². The fraction of sp³-hybridized carbons (Fsp3) is 0.526. The molecule has 2 heteroatoms. The highest BCUT2D eigenvalue weighted by Gasteiger charge is 2.22. The number of nitrogens with zero attached hydrogens (tertiary/aromatic N) is 1. The third kappa shape index (κ3) is 3.60. The summed E-state index contributed by atoms with van der Waals surface area (Å²) in [7, 11) is 0. The molecule has 1 aromatic rings. The maximum absolute atomic E-state index is 5.00. The van der Waals surface area contributed by atoms with Gasteiger partial charge in [-0.2, -0.15) is 0 Å². The molecule has 2 rings (SSSR count). The summed E-state index contributed by atoms with van der Waals surface area (Å²) in [6.45, 7) is 8.95. The Balaban J connectivity index is 2.40.